The number of alkyl halides is 3. The molecule has 0 atom stereocenters. The molecule has 0 fully saturated rings. The molecule has 0 aliphatic heterocycles. The summed E-state index contributed by atoms with van der Waals surface area (Å²) in [6.07, 6.45) is 0. The Morgan fingerprint density at radius 1 is 1.29 bits per heavy atom. The number of nitrogens with one attached hydrogen (secondary N) is 2. The van der Waals surface area contributed by atoms with Gasteiger partial charge < -0.3 is 15.7 Å². The fraction of sp³-hybridized carbons (Fsp3) is 0.273. The van der Waals surface area contributed by atoms with E-state index in [1.807, 2.05) is 0 Å². The lowest BCUT2D eigenvalue weighted by atomic mass is 10.2. The van der Waals surface area contributed by atoms with Gasteiger partial charge >= 0.3 is 17.5 Å². The van der Waals surface area contributed by atoms with E-state index in [0.717, 1.165) is 18.2 Å². The molecule has 1 aromatic rings. The first-order chi connectivity index (χ1) is 9.69. The minimum absolute atomic E-state index is 0.0153. The Labute approximate surface area is 120 Å². The number of hydrogen-bond donors (Lipinski definition) is 3. The second-order valence-corrected chi connectivity index (χ2v) is 4.83. The van der Waals surface area contributed by atoms with Crippen LogP contribution in [0.3, 0.4) is 0 Å². The molecule has 1 aromatic carbocycles. The first-order valence-corrected chi connectivity index (χ1v) is 6.46. The average Bonchev–Trinajstić information content (AvgIpc) is 2.33. The van der Waals surface area contributed by atoms with Crippen molar-refractivity contribution in [3.63, 3.8) is 0 Å². The molecule has 0 saturated heterocycles. The highest BCUT2D eigenvalue weighted by Gasteiger charge is 2.27. The summed E-state index contributed by atoms with van der Waals surface area (Å²) in [5.74, 6) is -2.84. The summed E-state index contributed by atoms with van der Waals surface area (Å²) >= 11 is -0.278. The molecular formula is C11H10F4N2O3S. The van der Waals surface area contributed by atoms with Gasteiger partial charge in [0.25, 0.3) is 0 Å². The summed E-state index contributed by atoms with van der Waals surface area (Å²) in [6, 6.07) is 2.11. The lowest BCUT2D eigenvalue weighted by molar-refractivity contribution is -0.0327. The van der Waals surface area contributed by atoms with Gasteiger partial charge in [0.2, 0.25) is 0 Å². The standard InChI is InChI=1S/C11H10F4N2O3S/c12-8-5-6(1-2-7(8)9(18)19)17-10(20)16-3-4-21-11(13,14)15/h1-2,5H,3-4H2,(H,18,19)(H2,16,17,20). The number of anilines is 1. The van der Waals surface area contributed by atoms with E-state index >= 15 is 0 Å². The minimum atomic E-state index is -4.37. The largest absolute Gasteiger partial charge is 0.478 e. The van der Waals surface area contributed by atoms with Crippen LogP contribution < -0.4 is 10.6 Å². The Balaban J connectivity index is 2.45. The highest BCUT2D eigenvalue weighted by atomic mass is 32.2. The Hall–Kier alpha value is -1.97. The van der Waals surface area contributed by atoms with Gasteiger partial charge in [0.05, 0.1) is 5.56 Å². The molecule has 0 aromatic heterocycles. The molecule has 0 spiro atoms. The lowest BCUT2D eigenvalue weighted by Gasteiger charge is -2.09. The van der Waals surface area contributed by atoms with Crippen LogP contribution in [0.15, 0.2) is 18.2 Å². The summed E-state index contributed by atoms with van der Waals surface area (Å²) in [5.41, 5.74) is -4.94. The maximum absolute atomic E-state index is 13.3. The lowest BCUT2D eigenvalue weighted by Crippen LogP contribution is -2.31. The Morgan fingerprint density at radius 3 is 2.48 bits per heavy atom. The number of rotatable bonds is 5. The molecule has 3 N–H and O–H groups in total. The number of carbonyl (C=O) groups is 2. The fourth-order valence-electron chi connectivity index (χ4n) is 1.27. The third-order valence-corrected chi connectivity index (χ3v) is 2.85. The van der Waals surface area contributed by atoms with Gasteiger partial charge in [-0.15, -0.1) is 0 Å². The van der Waals surface area contributed by atoms with Gasteiger partial charge in [-0.2, -0.15) is 13.2 Å². The number of hydrogen-bond acceptors (Lipinski definition) is 3. The number of halogens is 4. The molecule has 1 rings (SSSR count). The summed E-state index contributed by atoms with van der Waals surface area (Å²) < 4.78 is 48.8. The van der Waals surface area contributed by atoms with E-state index in [2.05, 4.69) is 10.6 Å². The molecule has 5 nitrogen and oxygen atoms in total. The quantitative estimate of drug-likeness (QED) is 0.574. The summed E-state index contributed by atoms with van der Waals surface area (Å²) in [4.78, 5) is 21.9. The highest BCUT2D eigenvalue weighted by Crippen LogP contribution is 2.29. The van der Waals surface area contributed by atoms with Gasteiger partial charge in [0.15, 0.2) is 0 Å². The third kappa shape index (κ3) is 6.34. The molecule has 0 bridgehead atoms. The van der Waals surface area contributed by atoms with Crippen molar-refractivity contribution in [1.82, 2.24) is 5.32 Å². The van der Waals surface area contributed by atoms with Crippen LogP contribution in [0.1, 0.15) is 10.4 Å². The molecule has 0 aliphatic carbocycles. The molecule has 21 heavy (non-hydrogen) atoms. The van der Waals surface area contributed by atoms with Crippen molar-refractivity contribution < 1.29 is 32.3 Å². The average molecular weight is 326 g/mol. The zero-order valence-electron chi connectivity index (χ0n) is 10.3. The second-order valence-electron chi connectivity index (χ2n) is 3.67. The predicted octanol–water partition coefficient (Wildman–Crippen LogP) is 2.90. The molecule has 2 amide bonds. The van der Waals surface area contributed by atoms with E-state index in [-0.39, 0.29) is 29.7 Å². The van der Waals surface area contributed by atoms with Gasteiger partial charge in [0, 0.05) is 18.0 Å². The predicted molar refractivity (Wildman–Crippen MR) is 68.9 cm³/mol. The summed E-state index contributed by atoms with van der Waals surface area (Å²) in [5, 5.41) is 12.9. The highest BCUT2D eigenvalue weighted by molar-refractivity contribution is 8.00. The van der Waals surface area contributed by atoms with Crippen molar-refractivity contribution in [1.29, 1.82) is 0 Å². The zero-order valence-corrected chi connectivity index (χ0v) is 11.1. The van der Waals surface area contributed by atoms with Crippen LogP contribution in [0, 0.1) is 5.82 Å². The van der Waals surface area contributed by atoms with Crippen LogP contribution in [0.4, 0.5) is 28.0 Å². The van der Waals surface area contributed by atoms with Gasteiger partial charge in [0.1, 0.15) is 5.82 Å². The van der Waals surface area contributed by atoms with Crippen molar-refractivity contribution >= 4 is 29.4 Å². The molecule has 116 valence electrons. The first kappa shape index (κ1) is 17.1. The van der Waals surface area contributed by atoms with Crippen molar-refractivity contribution in [2.24, 2.45) is 0 Å². The molecule has 0 saturated carbocycles. The summed E-state index contributed by atoms with van der Waals surface area (Å²) in [6.45, 7) is -0.230. The number of amides is 2. The van der Waals surface area contributed by atoms with Crippen LogP contribution >= 0.6 is 11.8 Å². The van der Waals surface area contributed by atoms with E-state index in [0.29, 0.717) is 0 Å². The molecule has 10 heteroatoms. The molecule has 0 heterocycles. The smallest absolute Gasteiger partial charge is 0.441 e. The topological polar surface area (TPSA) is 78.4 Å². The number of carboxylic acid groups (broad SMARTS) is 1. The van der Waals surface area contributed by atoms with Gasteiger partial charge in [-0.05, 0) is 30.0 Å². The SMILES string of the molecule is O=C(NCCSC(F)(F)F)Nc1ccc(C(=O)O)c(F)c1. The van der Waals surface area contributed by atoms with Crippen LogP contribution in [0.5, 0.6) is 0 Å². The van der Waals surface area contributed by atoms with Crippen LogP contribution in [0.2, 0.25) is 0 Å². The maximum atomic E-state index is 13.3. The minimum Gasteiger partial charge on any atom is -0.478 e. The van der Waals surface area contributed by atoms with E-state index < -0.39 is 28.9 Å². The van der Waals surface area contributed by atoms with Gasteiger partial charge in [-0.3, -0.25) is 0 Å². The number of thioether (sulfide) groups is 1. The third-order valence-electron chi connectivity index (χ3n) is 2.11. The second kappa shape index (κ2) is 7.16. The van der Waals surface area contributed by atoms with Crippen LogP contribution in [-0.4, -0.2) is 34.9 Å². The van der Waals surface area contributed by atoms with E-state index in [9.17, 15) is 27.2 Å². The number of carbonyl (C=O) groups excluding carboxylic acids is 1. The number of benzene rings is 1. The van der Waals surface area contributed by atoms with Crippen molar-refractivity contribution in [2.75, 3.05) is 17.6 Å². The molecular weight excluding hydrogens is 316 g/mol. The van der Waals surface area contributed by atoms with E-state index in [4.69, 9.17) is 5.11 Å². The number of carboxylic acids is 1. The molecule has 0 radical (unpaired) electrons. The Morgan fingerprint density at radius 2 is 1.95 bits per heavy atom. The van der Waals surface area contributed by atoms with Gasteiger partial charge in [-0.1, -0.05) is 0 Å². The monoisotopic (exact) mass is 326 g/mol. The first-order valence-electron chi connectivity index (χ1n) is 5.47. The molecule has 0 aliphatic rings. The van der Waals surface area contributed by atoms with E-state index in [1.54, 1.807) is 0 Å². The Bertz CT molecular complexity index is 537. The normalized spacial score (nSPS) is 11.0. The zero-order chi connectivity index (χ0) is 16.0. The van der Waals surface area contributed by atoms with E-state index in [1.165, 1.54) is 0 Å². The van der Waals surface area contributed by atoms with Crippen molar-refractivity contribution in [3.8, 4) is 0 Å². The van der Waals surface area contributed by atoms with Crippen molar-refractivity contribution in [3.05, 3.63) is 29.6 Å². The summed E-state index contributed by atoms with van der Waals surface area (Å²) in [7, 11) is 0. The maximum Gasteiger partial charge on any atom is 0.441 e. The Kier molecular flexibility index (Phi) is 5.82. The number of urea groups is 1. The van der Waals surface area contributed by atoms with Crippen molar-refractivity contribution in [2.45, 2.75) is 5.51 Å². The van der Waals surface area contributed by atoms with Crippen LogP contribution in [-0.2, 0) is 0 Å². The molecule has 0 unspecified atom stereocenters. The van der Waals surface area contributed by atoms with Gasteiger partial charge in [-0.25, -0.2) is 14.0 Å². The van der Waals surface area contributed by atoms with Crippen LogP contribution in [0.25, 0.3) is 0 Å². The number of aromatic carboxylic acids is 1. The fourth-order valence-corrected chi connectivity index (χ4v) is 1.71.